The Morgan fingerprint density at radius 1 is 0.909 bits per heavy atom. The monoisotopic (exact) mass is 292 g/mol. The predicted molar refractivity (Wildman–Crippen MR) is 93.8 cm³/mol. The van der Waals surface area contributed by atoms with E-state index in [1.165, 1.54) is 49.8 Å². The summed E-state index contributed by atoms with van der Waals surface area (Å²) in [6.45, 7) is 0. The maximum absolute atomic E-state index is 6.31. The Balaban J connectivity index is 1.58. The van der Waals surface area contributed by atoms with E-state index in [1.807, 2.05) is 6.07 Å². The summed E-state index contributed by atoms with van der Waals surface area (Å²) in [7, 11) is 0. The minimum Gasteiger partial charge on any atom is -0.398 e. The van der Waals surface area contributed by atoms with Gasteiger partial charge in [0.15, 0.2) is 0 Å². The summed E-state index contributed by atoms with van der Waals surface area (Å²) in [6, 6.07) is 16.8. The summed E-state index contributed by atoms with van der Waals surface area (Å²) in [5.74, 6) is 0.995. The highest BCUT2D eigenvalue weighted by molar-refractivity contribution is 5.79. The second kappa shape index (κ2) is 5.35. The summed E-state index contributed by atoms with van der Waals surface area (Å²) >= 11 is 0. The van der Waals surface area contributed by atoms with Crippen molar-refractivity contribution >= 4 is 11.4 Å². The van der Waals surface area contributed by atoms with Crippen molar-refractivity contribution in [2.45, 2.75) is 44.1 Å². The molecular formula is C20H24N2. The molecule has 0 spiro atoms. The van der Waals surface area contributed by atoms with E-state index in [1.54, 1.807) is 0 Å². The lowest BCUT2D eigenvalue weighted by Gasteiger charge is -2.47. The van der Waals surface area contributed by atoms with Crippen LogP contribution < -0.4 is 11.1 Å². The topological polar surface area (TPSA) is 38.0 Å². The van der Waals surface area contributed by atoms with Gasteiger partial charge in [-0.15, -0.1) is 0 Å². The number of benzene rings is 2. The molecule has 0 heterocycles. The second-order valence-electron chi connectivity index (χ2n) is 7.06. The molecular weight excluding hydrogens is 268 g/mol. The number of nitrogens with two attached hydrogens (primary N) is 1. The number of nitrogen functional groups attached to an aromatic ring is 1. The summed E-state index contributed by atoms with van der Waals surface area (Å²) in [5, 5.41) is 3.82. The van der Waals surface area contributed by atoms with Crippen LogP contribution in [0.3, 0.4) is 0 Å². The zero-order valence-electron chi connectivity index (χ0n) is 13.0. The lowest BCUT2D eigenvalue weighted by atomic mass is 9.66. The maximum Gasteiger partial charge on any atom is 0.0414 e. The zero-order chi connectivity index (χ0) is 15.0. The van der Waals surface area contributed by atoms with Gasteiger partial charge in [-0.1, -0.05) is 36.4 Å². The van der Waals surface area contributed by atoms with Crippen molar-refractivity contribution < 1.29 is 0 Å². The molecule has 3 N–H and O–H groups in total. The van der Waals surface area contributed by atoms with Crippen molar-refractivity contribution in [1.29, 1.82) is 0 Å². The molecule has 114 valence electrons. The molecule has 2 aromatic carbocycles. The van der Waals surface area contributed by atoms with Crippen molar-refractivity contribution in [3.63, 3.8) is 0 Å². The molecule has 3 saturated carbocycles. The third-order valence-corrected chi connectivity index (χ3v) is 5.64. The van der Waals surface area contributed by atoms with E-state index in [-0.39, 0.29) is 0 Å². The molecule has 2 nitrogen and oxygen atoms in total. The number of fused-ring (bicyclic) bond motifs is 3. The highest BCUT2D eigenvalue weighted by Gasteiger charge is 2.40. The Labute approximate surface area is 132 Å². The smallest absolute Gasteiger partial charge is 0.0414 e. The number of hydrogen-bond acceptors (Lipinski definition) is 2. The zero-order valence-corrected chi connectivity index (χ0v) is 13.0. The van der Waals surface area contributed by atoms with Gasteiger partial charge in [-0.25, -0.2) is 0 Å². The molecule has 0 saturated heterocycles. The van der Waals surface area contributed by atoms with Crippen LogP contribution in [0.4, 0.5) is 11.4 Å². The summed E-state index contributed by atoms with van der Waals surface area (Å²) in [5.41, 5.74) is 11.0. The van der Waals surface area contributed by atoms with Crippen molar-refractivity contribution in [3.8, 4) is 11.1 Å². The summed E-state index contributed by atoms with van der Waals surface area (Å²) in [4.78, 5) is 0. The highest BCUT2D eigenvalue weighted by Crippen LogP contribution is 2.46. The average molecular weight is 292 g/mol. The van der Waals surface area contributed by atoms with Crippen LogP contribution in [-0.2, 0) is 0 Å². The van der Waals surface area contributed by atoms with Crippen molar-refractivity contribution in [2.24, 2.45) is 5.92 Å². The lowest BCUT2D eigenvalue weighted by Crippen LogP contribution is -2.46. The van der Waals surface area contributed by atoms with Crippen molar-refractivity contribution in [2.75, 3.05) is 11.1 Å². The fourth-order valence-electron chi connectivity index (χ4n) is 4.26. The van der Waals surface area contributed by atoms with Gasteiger partial charge in [0.25, 0.3) is 0 Å². The van der Waals surface area contributed by atoms with Crippen LogP contribution in [-0.4, -0.2) is 5.54 Å². The van der Waals surface area contributed by atoms with E-state index in [0.717, 1.165) is 17.2 Å². The molecule has 2 bridgehead atoms. The minimum absolute atomic E-state index is 0.329. The van der Waals surface area contributed by atoms with Gasteiger partial charge in [-0.05, 0) is 62.1 Å². The van der Waals surface area contributed by atoms with E-state index in [2.05, 4.69) is 47.8 Å². The molecule has 0 atom stereocenters. The molecule has 2 heteroatoms. The number of hydrogen-bond donors (Lipinski definition) is 2. The molecule has 3 aliphatic carbocycles. The number of rotatable bonds is 3. The first kappa shape index (κ1) is 13.7. The second-order valence-corrected chi connectivity index (χ2v) is 7.06. The van der Waals surface area contributed by atoms with Crippen LogP contribution in [0, 0.1) is 5.92 Å². The van der Waals surface area contributed by atoms with E-state index in [0.29, 0.717) is 5.54 Å². The Hall–Kier alpha value is -1.96. The molecule has 3 fully saturated rings. The standard InChI is InChI=1S/C20H24N2/c21-19-14-17(6-7-18(19)16-4-2-1-3-5-16)22-20-11-8-15(9-12-20)10-13-20/h1-7,14-15,22H,8-13,21H2. The van der Waals surface area contributed by atoms with E-state index < -0.39 is 0 Å². The quantitative estimate of drug-likeness (QED) is 0.775. The predicted octanol–water partition coefficient (Wildman–Crippen LogP) is 5.07. The first-order valence-corrected chi connectivity index (χ1v) is 8.47. The van der Waals surface area contributed by atoms with Gasteiger partial charge in [0.2, 0.25) is 0 Å². The molecule has 0 amide bonds. The van der Waals surface area contributed by atoms with Crippen LogP contribution in [0.15, 0.2) is 48.5 Å². The van der Waals surface area contributed by atoms with Gasteiger partial charge >= 0.3 is 0 Å². The van der Waals surface area contributed by atoms with Gasteiger partial charge in [-0.2, -0.15) is 0 Å². The SMILES string of the molecule is Nc1cc(NC23CCC(CC2)CC3)ccc1-c1ccccc1. The Bertz CT molecular complexity index is 641. The van der Waals surface area contributed by atoms with E-state index >= 15 is 0 Å². The fraction of sp³-hybridized carbons (Fsp3) is 0.400. The van der Waals surface area contributed by atoms with Crippen LogP contribution in [0.1, 0.15) is 38.5 Å². The normalized spacial score (nSPS) is 26.8. The lowest BCUT2D eigenvalue weighted by molar-refractivity contribution is 0.158. The summed E-state index contributed by atoms with van der Waals surface area (Å²) in [6.07, 6.45) is 8.13. The Kier molecular flexibility index (Phi) is 3.33. The van der Waals surface area contributed by atoms with E-state index in [4.69, 9.17) is 5.73 Å². The van der Waals surface area contributed by atoms with Crippen LogP contribution in [0.2, 0.25) is 0 Å². The van der Waals surface area contributed by atoms with Gasteiger partial charge in [0.1, 0.15) is 0 Å². The number of anilines is 2. The maximum atomic E-state index is 6.31. The van der Waals surface area contributed by atoms with Crippen LogP contribution in [0.25, 0.3) is 11.1 Å². The Morgan fingerprint density at radius 3 is 2.23 bits per heavy atom. The first-order valence-electron chi connectivity index (χ1n) is 8.47. The third kappa shape index (κ3) is 2.47. The molecule has 0 unspecified atom stereocenters. The fourth-order valence-corrected chi connectivity index (χ4v) is 4.26. The third-order valence-electron chi connectivity index (χ3n) is 5.64. The van der Waals surface area contributed by atoms with Crippen LogP contribution in [0.5, 0.6) is 0 Å². The molecule has 0 radical (unpaired) electrons. The molecule has 3 aliphatic rings. The summed E-state index contributed by atoms with van der Waals surface area (Å²) < 4.78 is 0. The van der Waals surface area contributed by atoms with Gasteiger partial charge in [0, 0.05) is 22.5 Å². The average Bonchev–Trinajstić information content (AvgIpc) is 2.57. The highest BCUT2D eigenvalue weighted by atomic mass is 15.0. The van der Waals surface area contributed by atoms with E-state index in [9.17, 15) is 0 Å². The Morgan fingerprint density at radius 2 is 1.59 bits per heavy atom. The largest absolute Gasteiger partial charge is 0.398 e. The molecule has 5 rings (SSSR count). The number of nitrogens with one attached hydrogen (secondary N) is 1. The van der Waals surface area contributed by atoms with Crippen molar-refractivity contribution in [3.05, 3.63) is 48.5 Å². The molecule has 0 aromatic heterocycles. The van der Waals surface area contributed by atoms with Crippen LogP contribution >= 0.6 is 0 Å². The molecule has 0 aliphatic heterocycles. The van der Waals surface area contributed by atoms with Crippen molar-refractivity contribution in [1.82, 2.24) is 0 Å². The minimum atomic E-state index is 0.329. The molecule has 2 aromatic rings. The van der Waals surface area contributed by atoms with Gasteiger partial charge < -0.3 is 11.1 Å². The first-order chi connectivity index (χ1) is 10.7. The van der Waals surface area contributed by atoms with Gasteiger partial charge in [0.05, 0.1) is 0 Å². The molecule has 22 heavy (non-hydrogen) atoms. The van der Waals surface area contributed by atoms with Gasteiger partial charge in [-0.3, -0.25) is 0 Å².